The van der Waals surface area contributed by atoms with Crippen molar-refractivity contribution in [1.82, 2.24) is 15.3 Å². The fourth-order valence-corrected chi connectivity index (χ4v) is 3.04. The van der Waals surface area contributed by atoms with Crippen LogP contribution < -0.4 is 10.1 Å². The summed E-state index contributed by atoms with van der Waals surface area (Å²) in [6, 6.07) is 5.21. The molecule has 2 atom stereocenters. The molecule has 0 bridgehead atoms. The van der Waals surface area contributed by atoms with Gasteiger partial charge in [-0.3, -0.25) is 9.97 Å². The summed E-state index contributed by atoms with van der Waals surface area (Å²) in [6.45, 7) is 1.89. The summed E-state index contributed by atoms with van der Waals surface area (Å²) < 4.78 is 6.13. The second-order valence-corrected chi connectivity index (χ2v) is 5.90. The molecule has 4 nitrogen and oxygen atoms in total. The van der Waals surface area contributed by atoms with Crippen LogP contribution in [0, 0.1) is 5.92 Å². The summed E-state index contributed by atoms with van der Waals surface area (Å²) in [4.78, 5) is 8.52. The Morgan fingerprint density at radius 2 is 2.00 bits per heavy atom. The van der Waals surface area contributed by atoms with Crippen molar-refractivity contribution in [2.75, 3.05) is 13.1 Å². The quantitative estimate of drug-likeness (QED) is 0.935. The van der Waals surface area contributed by atoms with E-state index in [0.717, 1.165) is 25.2 Å². The lowest BCUT2D eigenvalue weighted by molar-refractivity contribution is 0.139. The Hall–Kier alpha value is -1.36. The standard InChI is InChI=1S/C15H15Cl2N3O/c16-11-5-12(17)7-13(6-11)21-15(10-1-2-18-8-10)14-9-19-3-4-20-14/h3-7,9-10,15,18H,1-2,8H2/t10-,15+/m0/s1. The molecule has 0 amide bonds. The van der Waals surface area contributed by atoms with Gasteiger partial charge in [-0.25, -0.2) is 0 Å². The number of hydrogen-bond acceptors (Lipinski definition) is 4. The molecule has 0 radical (unpaired) electrons. The molecule has 2 heterocycles. The minimum absolute atomic E-state index is 0.164. The smallest absolute Gasteiger partial charge is 0.146 e. The first kappa shape index (κ1) is 14.6. The number of rotatable bonds is 4. The second-order valence-electron chi connectivity index (χ2n) is 5.03. The minimum Gasteiger partial charge on any atom is -0.484 e. The molecule has 1 aliphatic rings. The zero-order chi connectivity index (χ0) is 14.7. The molecule has 0 aliphatic carbocycles. The third kappa shape index (κ3) is 3.64. The Kier molecular flexibility index (Phi) is 4.58. The predicted octanol–water partition coefficient (Wildman–Crippen LogP) is 3.51. The zero-order valence-corrected chi connectivity index (χ0v) is 12.8. The zero-order valence-electron chi connectivity index (χ0n) is 11.3. The number of halogens is 2. The number of nitrogens with zero attached hydrogens (tertiary/aromatic N) is 2. The summed E-state index contributed by atoms with van der Waals surface area (Å²) in [5, 5.41) is 4.46. The Labute approximate surface area is 133 Å². The highest BCUT2D eigenvalue weighted by molar-refractivity contribution is 6.34. The topological polar surface area (TPSA) is 47.0 Å². The van der Waals surface area contributed by atoms with Crippen LogP contribution in [0.5, 0.6) is 5.75 Å². The van der Waals surface area contributed by atoms with Crippen LogP contribution in [-0.2, 0) is 0 Å². The van der Waals surface area contributed by atoms with Gasteiger partial charge in [0.25, 0.3) is 0 Å². The molecule has 0 spiro atoms. The van der Waals surface area contributed by atoms with Crippen molar-refractivity contribution in [3.05, 3.63) is 52.5 Å². The fraction of sp³-hybridized carbons (Fsp3) is 0.333. The van der Waals surface area contributed by atoms with Crippen LogP contribution in [0.1, 0.15) is 18.2 Å². The summed E-state index contributed by atoms with van der Waals surface area (Å²) in [5.74, 6) is 0.995. The molecule has 1 N–H and O–H groups in total. The molecule has 1 aromatic heterocycles. The van der Waals surface area contributed by atoms with Gasteiger partial charge < -0.3 is 10.1 Å². The van der Waals surface area contributed by atoms with Gasteiger partial charge in [0.1, 0.15) is 11.9 Å². The molecule has 1 saturated heterocycles. The third-order valence-electron chi connectivity index (χ3n) is 3.50. The van der Waals surface area contributed by atoms with E-state index in [-0.39, 0.29) is 6.10 Å². The molecule has 0 saturated carbocycles. The van der Waals surface area contributed by atoms with E-state index >= 15 is 0 Å². The summed E-state index contributed by atoms with van der Waals surface area (Å²) in [7, 11) is 0. The van der Waals surface area contributed by atoms with Gasteiger partial charge in [0, 0.05) is 34.9 Å². The highest BCUT2D eigenvalue weighted by atomic mass is 35.5. The van der Waals surface area contributed by atoms with Gasteiger partial charge in [-0.05, 0) is 31.2 Å². The summed E-state index contributed by atoms with van der Waals surface area (Å²) in [5.41, 5.74) is 0.822. The van der Waals surface area contributed by atoms with E-state index in [9.17, 15) is 0 Å². The van der Waals surface area contributed by atoms with Gasteiger partial charge >= 0.3 is 0 Å². The van der Waals surface area contributed by atoms with Crippen LogP contribution in [0.4, 0.5) is 0 Å². The molecule has 1 aromatic carbocycles. The highest BCUT2D eigenvalue weighted by Crippen LogP contribution is 2.33. The molecular weight excluding hydrogens is 309 g/mol. The fourth-order valence-electron chi connectivity index (χ4n) is 2.53. The van der Waals surface area contributed by atoms with Crippen LogP contribution in [-0.4, -0.2) is 23.1 Å². The number of aromatic nitrogens is 2. The number of ether oxygens (including phenoxy) is 1. The SMILES string of the molecule is Clc1cc(Cl)cc(O[C@@H](c2cnccn2)[C@H]2CCNC2)c1. The van der Waals surface area contributed by atoms with Gasteiger partial charge in [0.05, 0.1) is 11.9 Å². The van der Waals surface area contributed by atoms with Gasteiger partial charge in [-0.2, -0.15) is 0 Å². The summed E-state index contributed by atoms with van der Waals surface area (Å²) >= 11 is 12.1. The van der Waals surface area contributed by atoms with Crippen LogP contribution in [0.15, 0.2) is 36.8 Å². The Morgan fingerprint density at radius 1 is 1.19 bits per heavy atom. The normalized spacial score (nSPS) is 19.4. The first-order chi connectivity index (χ1) is 10.2. The molecule has 3 rings (SSSR count). The summed E-state index contributed by atoms with van der Waals surface area (Å²) in [6.07, 6.45) is 5.95. The first-order valence-corrected chi connectivity index (χ1v) is 7.57. The van der Waals surface area contributed by atoms with Crippen molar-refractivity contribution in [1.29, 1.82) is 0 Å². The predicted molar refractivity (Wildman–Crippen MR) is 82.8 cm³/mol. The number of benzene rings is 1. The van der Waals surface area contributed by atoms with E-state index in [4.69, 9.17) is 27.9 Å². The van der Waals surface area contributed by atoms with E-state index in [0.29, 0.717) is 21.7 Å². The van der Waals surface area contributed by atoms with Crippen molar-refractivity contribution >= 4 is 23.2 Å². The van der Waals surface area contributed by atoms with Crippen molar-refractivity contribution in [3.63, 3.8) is 0 Å². The highest BCUT2D eigenvalue weighted by Gasteiger charge is 2.29. The number of nitrogens with one attached hydrogen (secondary N) is 1. The van der Waals surface area contributed by atoms with Crippen LogP contribution in [0.2, 0.25) is 10.0 Å². The van der Waals surface area contributed by atoms with Crippen LogP contribution in [0.3, 0.4) is 0 Å². The molecule has 0 unspecified atom stereocenters. The molecule has 1 fully saturated rings. The maximum absolute atomic E-state index is 6.13. The maximum Gasteiger partial charge on any atom is 0.146 e. The molecular formula is C15H15Cl2N3O. The molecule has 2 aromatic rings. The Bertz CT molecular complexity index is 583. The number of hydrogen-bond donors (Lipinski definition) is 1. The largest absolute Gasteiger partial charge is 0.484 e. The molecule has 21 heavy (non-hydrogen) atoms. The lowest BCUT2D eigenvalue weighted by Gasteiger charge is -2.23. The van der Waals surface area contributed by atoms with E-state index in [1.54, 1.807) is 36.8 Å². The van der Waals surface area contributed by atoms with E-state index in [1.807, 2.05) is 0 Å². The minimum atomic E-state index is -0.164. The molecule has 1 aliphatic heterocycles. The van der Waals surface area contributed by atoms with Crippen molar-refractivity contribution < 1.29 is 4.74 Å². The van der Waals surface area contributed by atoms with Crippen LogP contribution in [0.25, 0.3) is 0 Å². The lowest BCUT2D eigenvalue weighted by atomic mass is 9.99. The van der Waals surface area contributed by atoms with Gasteiger partial charge in [-0.15, -0.1) is 0 Å². The second kappa shape index (κ2) is 6.60. The van der Waals surface area contributed by atoms with Gasteiger partial charge in [-0.1, -0.05) is 23.2 Å². The maximum atomic E-state index is 6.13. The van der Waals surface area contributed by atoms with E-state index in [1.165, 1.54) is 0 Å². The van der Waals surface area contributed by atoms with E-state index < -0.39 is 0 Å². The van der Waals surface area contributed by atoms with Crippen molar-refractivity contribution in [3.8, 4) is 5.75 Å². The third-order valence-corrected chi connectivity index (χ3v) is 3.94. The van der Waals surface area contributed by atoms with Crippen molar-refractivity contribution in [2.24, 2.45) is 5.92 Å². The van der Waals surface area contributed by atoms with Gasteiger partial charge in [0.2, 0.25) is 0 Å². The Morgan fingerprint density at radius 3 is 2.62 bits per heavy atom. The molecule has 6 heteroatoms. The van der Waals surface area contributed by atoms with Gasteiger partial charge in [0.15, 0.2) is 0 Å². The average Bonchev–Trinajstić information content (AvgIpc) is 2.98. The van der Waals surface area contributed by atoms with Crippen molar-refractivity contribution in [2.45, 2.75) is 12.5 Å². The Balaban J connectivity index is 1.88. The van der Waals surface area contributed by atoms with E-state index in [2.05, 4.69) is 15.3 Å². The lowest BCUT2D eigenvalue weighted by Crippen LogP contribution is -2.22. The monoisotopic (exact) mass is 323 g/mol. The van der Waals surface area contributed by atoms with Crippen LogP contribution >= 0.6 is 23.2 Å². The first-order valence-electron chi connectivity index (χ1n) is 6.82. The average molecular weight is 324 g/mol. The molecule has 110 valence electrons.